The predicted octanol–water partition coefficient (Wildman–Crippen LogP) is 3.62. The summed E-state index contributed by atoms with van der Waals surface area (Å²) in [5.74, 6) is 0.856. The summed E-state index contributed by atoms with van der Waals surface area (Å²) in [6.07, 6.45) is 2.09. The third kappa shape index (κ3) is 4.59. The monoisotopic (exact) mass is 354 g/mol. The molecule has 1 aliphatic rings. The number of aromatic nitrogens is 2. The van der Waals surface area contributed by atoms with Gasteiger partial charge in [0, 0.05) is 30.7 Å². The summed E-state index contributed by atoms with van der Waals surface area (Å²) < 4.78 is 5.47. The summed E-state index contributed by atoms with van der Waals surface area (Å²) in [5, 5.41) is 12.5. The van der Waals surface area contributed by atoms with Crippen molar-refractivity contribution in [3.8, 4) is 11.3 Å². The molecule has 0 amide bonds. The average Bonchev–Trinajstić information content (AvgIpc) is 2.68. The van der Waals surface area contributed by atoms with Crippen molar-refractivity contribution >= 4 is 5.82 Å². The quantitative estimate of drug-likeness (QED) is 0.823. The van der Waals surface area contributed by atoms with Gasteiger partial charge in [0.15, 0.2) is 0 Å². The zero-order chi connectivity index (χ0) is 18.4. The molecule has 3 rings (SSSR count). The minimum absolute atomic E-state index is 0.0501. The predicted molar refractivity (Wildman–Crippen MR) is 106 cm³/mol. The summed E-state index contributed by atoms with van der Waals surface area (Å²) in [5.41, 5.74) is 3.42. The van der Waals surface area contributed by atoms with Gasteiger partial charge in [-0.3, -0.25) is 4.90 Å². The van der Waals surface area contributed by atoms with Gasteiger partial charge in [-0.25, -0.2) is 0 Å². The summed E-state index contributed by atoms with van der Waals surface area (Å²) in [4.78, 5) is 2.47. The Morgan fingerprint density at radius 3 is 2.54 bits per heavy atom. The molecule has 140 valence electrons. The van der Waals surface area contributed by atoms with Crippen molar-refractivity contribution in [2.24, 2.45) is 0 Å². The van der Waals surface area contributed by atoms with E-state index in [0.717, 1.165) is 62.8 Å². The maximum absolute atomic E-state index is 5.47. The molecule has 1 aliphatic heterocycles. The van der Waals surface area contributed by atoms with Crippen LogP contribution in [0, 0.1) is 0 Å². The largest absolute Gasteiger partial charge is 0.379 e. The Kier molecular flexibility index (Phi) is 6.22. The van der Waals surface area contributed by atoms with E-state index in [9.17, 15) is 0 Å². The summed E-state index contributed by atoms with van der Waals surface area (Å²) in [6.45, 7) is 11.2. The number of nitrogens with zero attached hydrogens (tertiary/aromatic N) is 3. The Bertz CT molecular complexity index is 696. The van der Waals surface area contributed by atoms with Crippen LogP contribution in [0.4, 0.5) is 5.82 Å². The highest BCUT2D eigenvalue weighted by Gasteiger charge is 2.28. The molecular weight excluding hydrogens is 324 g/mol. The van der Waals surface area contributed by atoms with E-state index >= 15 is 0 Å². The van der Waals surface area contributed by atoms with E-state index in [1.165, 1.54) is 5.56 Å². The molecule has 0 spiro atoms. The first-order valence-corrected chi connectivity index (χ1v) is 9.59. The number of hydrogen-bond donors (Lipinski definition) is 1. The van der Waals surface area contributed by atoms with Gasteiger partial charge >= 0.3 is 0 Å². The molecule has 0 aliphatic carbocycles. The Morgan fingerprint density at radius 2 is 1.85 bits per heavy atom. The zero-order valence-electron chi connectivity index (χ0n) is 16.2. The van der Waals surface area contributed by atoms with Crippen LogP contribution in [0.2, 0.25) is 0 Å². The minimum atomic E-state index is 0.0501. The minimum Gasteiger partial charge on any atom is -0.379 e. The Morgan fingerprint density at radius 1 is 1.12 bits per heavy atom. The second-order valence-corrected chi connectivity index (χ2v) is 7.48. The number of rotatable bonds is 7. The van der Waals surface area contributed by atoms with Gasteiger partial charge in [0.1, 0.15) is 5.82 Å². The van der Waals surface area contributed by atoms with Crippen molar-refractivity contribution in [1.82, 2.24) is 15.1 Å². The molecule has 1 aromatic carbocycles. The first-order valence-electron chi connectivity index (χ1n) is 9.59. The Labute approximate surface area is 156 Å². The van der Waals surface area contributed by atoms with Crippen LogP contribution in [0.3, 0.4) is 0 Å². The van der Waals surface area contributed by atoms with Gasteiger partial charge < -0.3 is 10.1 Å². The smallest absolute Gasteiger partial charge is 0.149 e. The van der Waals surface area contributed by atoms with E-state index in [0.29, 0.717) is 0 Å². The Hall–Kier alpha value is -1.98. The van der Waals surface area contributed by atoms with Crippen molar-refractivity contribution in [2.45, 2.75) is 39.2 Å². The topological polar surface area (TPSA) is 50.3 Å². The lowest BCUT2D eigenvalue weighted by Crippen LogP contribution is -2.53. The highest BCUT2D eigenvalue weighted by molar-refractivity contribution is 5.64. The van der Waals surface area contributed by atoms with Gasteiger partial charge in [0.2, 0.25) is 0 Å². The fourth-order valence-corrected chi connectivity index (χ4v) is 3.40. The fourth-order valence-electron chi connectivity index (χ4n) is 3.40. The molecule has 26 heavy (non-hydrogen) atoms. The highest BCUT2D eigenvalue weighted by Crippen LogP contribution is 2.24. The lowest BCUT2D eigenvalue weighted by atomic mass is 10.0. The molecule has 0 saturated carbocycles. The third-order valence-electron chi connectivity index (χ3n) is 5.01. The van der Waals surface area contributed by atoms with E-state index in [-0.39, 0.29) is 5.54 Å². The molecule has 5 heteroatoms. The van der Waals surface area contributed by atoms with E-state index in [2.05, 4.69) is 59.4 Å². The van der Waals surface area contributed by atoms with Crippen LogP contribution in [0.5, 0.6) is 0 Å². The average molecular weight is 354 g/mol. The van der Waals surface area contributed by atoms with Crippen LogP contribution in [-0.4, -0.2) is 53.5 Å². The van der Waals surface area contributed by atoms with E-state index in [1.807, 2.05) is 18.2 Å². The SMILES string of the molecule is CCCc1cc(NCC(C)(C)N2CCOCC2)nnc1-c1ccccc1. The van der Waals surface area contributed by atoms with Gasteiger partial charge in [0.05, 0.1) is 18.9 Å². The van der Waals surface area contributed by atoms with Crippen molar-refractivity contribution < 1.29 is 4.74 Å². The molecule has 0 unspecified atom stereocenters. The van der Waals surface area contributed by atoms with Crippen molar-refractivity contribution in [2.75, 3.05) is 38.2 Å². The third-order valence-corrected chi connectivity index (χ3v) is 5.01. The number of anilines is 1. The lowest BCUT2D eigenvalue weighted by Gasteiger charge is -2.40. The summed E-state index contributed by atoms with van der Waals surface area (Å²) in [7, 11) is 0. The molecule has 1 saturated heterocycles. The normalized spacial score (nSPS) is 15.8. The zero-order valence-corrected chi connectivity index (χ0v) is 16.2. The standard InChI is InChI=1S/C21H30N4O/c1-4-8-18-15-19(23-24-20(18)17-9-6-5-7-10-17)22-16-21(2,3)25-11-13-26-14-12-25/h5-7,9-10,15H,4,8,11-14,16H2,1-3H3,(H,22,23). The summed E-state index contributed by atoms with van der Waals surface area (Å²) in [6, 6.07) is 12.5. The van der Waals surface area contributed by atoms with Crippen LogP contribution in [0.25, 0.3) is 11.3 Å². The molecule has 0 bridgehead atoms. The maximum Gasteiger partial charge on any atom is 0.149 e. The second-order valence-electron chi connectivity index (χ2n) is 7.48. The van der Waals surface area contributed by atoms with Crippen LogP contribution in [-0.2, 0) is 11.2 Å². The van der Waals surface area contributed by atoms with Crippen LogP contribution >= 0.6 is 0 Å². The number of aryl methyl sites for hydroxylation is 1. The molecular formula is C21H30N4O. The van der Waals surface area contributed by atoms with Crippen LogP contribution in [0.15, 0.2) is 36.4 Å². The van der Waals surface area contributed by atoms with E-state index in [4.69, 9.17) is 4.74 Å². The van der Waals surface area contributed by atoms with Gasteiger partial charge in [-0.1, -0.05) is 43.7 Å². The maximum atomic E-state index is 5.47. The number of morpholine rings is 1. The fraction of sp³-hybridized carbons (Fsp3) is 0.524. The molecule has 2 aromatic rings. The number of nitrogens with one attached hydrogen (secondary N) is 1. The summed E-state index contributed by atoms with van der Waals surface area (Å²) >= 11 is 0. The van der Waals surface area contributed by atoms with Gasteiger partial charge in [-0.15, -0.1) is 10.2 Å². The highest BCUT2D eigenvalue weighted by atomic mass is 16.5. The van der Waals surface area contributed by atoms with Crippen LogP contribution in [0.1, 0.15) is 32.8 Å². The lowest BCUT2D eigenvalue weighted by molar-refractivity contribution is -0.00570. The second kappa shape index (κ2) is 8.60. The molecule has 0 radical (unpaired) electrons. The van der Waals surface area contributed by atoms with Crippen LogP contribution < -0.4 is 5.32 Å². The molecule has 1 aromatic heterocycles. The van der Waals surface area contributed by atoms with Gasteiger partial charge in [-0.2, -0.15) is 0 Å². The van der Waals surface area contributed by atoms with E-state index in [1.54, 1.807) is 0 Å². The molecule has 5 nitrogen and oxygen atoms in total. The van der Waals surface area contributed by atoms with Crippen molar-refractivity contribution in [1.29, 1.82) is 0 Å². The molecule has 1 fully saturated rings. The molecule has 1 N–H and O–H groups in total. The number of ether oxygens (including phenoxy) is 1. The molecule has 2 heterocycles. The Balaban J connectivity index is 1.73. The molecule has 0 atom stereocenters. The number of hydrogen-bond acceptors (Lipinski definition) is 5. The number of benzene rings is 1. The van der Waals surface area contributed by atoms with Crippen molar-refractivity contribution in [3.05, 3.63) is 42.0 Å². The van der Waals surface area contributed by atoms with Crippen molar-refractivity contribution in [3.63, 3.8) is 0 Å². The first-order chi connectivity index (χ1) is 12.6. The van der Waals surface area contributed by atoms with Gasteiger partial charge in [-0.05, 0) is 31.9 Å². The first kappa shape index (κ1) is 18.8. The van der Waals surface area contributed by atoms with E-state index < -0.39 is 0 Å². The van der Waals surface area contributed by atoms with Gasteiger partial charge in [0.25, 0.3) is 0 Å².